The molecule has 0 bridgehead atoms. The number of para-hydroxylation sites is 1. The third-order valence-corrected chi connectivity index (χ3v) is 4.17. The Kier molecular flexibility index (Phi) is 4.39. The van der Waals surface area contributed by atoms with E-state index in [0.29, 0.717) is 6.04 Å². The van der Waals surface area contributed by atoms with Gasteiger partial charge in [-0.2, -0.15) is 0 Å². The summed E-state index contributed by atoms with van der Waals surface area (Å²) in [5, 5.41) is 4.55. The van der Waals surface area contributed by atoms with E-state index in [4.69, 9.17) is 9.97 Å². The van der Waals surface area contributed by atoms with Gasteiger partial charge < -0.3 is 5.32 Å². The van der Waals surface area contributed by atoms with Crippen molar-refractivity contribution in [1.82, 2.24) is 9.97 Å². The first-order valence-electron chi connectivity index (χ1n) is 7.46. The highest BCUT2D eigenvalue weighted by Gasteiger charge is 2.11. The standard InChI is InChI=1S/C18H18BrN3/c1-3-12(2)20-18-15-9-4-5-10-16(15)21-17(22-18)13-7-6-8-14(19)11-13/h4-12H,3H2,1-2H3,(H,20,21,22)/t12-/m0/s1. The predicted octanol–water partition coefficient (Wildman–Crippen LogP) is 5.27. The highest BCUT2D eigenvalue weighted by molar-refractivity contribution is 9.10. The van der Waals surface area contributed by atoms with Crippen molar-refractivity contribution in [3.05, 3.63) is 53.0 Å². The molecule has 0 fully saturated rings. The van der Waals surface area contributed by atoms with Gasteiger partial charge in [0.05, 0.1) is 5.52 Å². The molecule has 0 radical (unpaired) electrons. The van der Waals surface area contributed by atoms with E-state index >= 15 is 0 Å². The van der Waals surface area contributed by atoms with E-state index in [2.05, 4.69) is 41.2 Å². The van der Waals surface area contributed by atoms with E-state index in [1.165, 1.54) is 0 Å². The predicted molar refractivity (Wildman–Crippen MR) is 96.0 cm³/mol. The minimum Gasteiger partial charge on any atom is -0.367 e. The van der Waals surface area contributed by atoms with Crippen LogP contribution in [0.4, 0.5) is 5.82 Å². The molecule has 1 atom stereocenters. The van der Waals surface area contributed by atoms with E-state index in [0.717, 1.165) is 39.0 Å². The Morgan fingerprint density at radius 3 is 2.68 bits per heavy atom. The van der Waals surface area contributed by atoms with Crippen LogP contribution in [0.3, 0.4) is 0 Å². The lowest BCUT2D eigenvalue weighted by atomic mass is 10.1. The molecule has 0 spiro atoms. The molecule has 0 saturated heterocycles. The van der Waals surface area contributed by atoms with Gasteiger partial charge in [-0.25, -0.2) is 9.97 Å². The Hall–Kier alpha value is -1.94. The molecule has 0 amide bonds. The quantitative estimate of drug-likeness (QED) is 0.692. The first-order valence-corrected chi connectivity index (χ1v) is 8.26. The monoisotopic (exact) mass is 355 g/mol. The summed E-state index contributed by atoms with van der Waals surface area (Å²) < 4.78 is 1.03. The second-order valence-electron chi connectivity index (χ2n) is 5.38. The molecule has 0 aliphatic rings. The lowest BCUT2D eigenvalue weighted by Crippen LogP contribution is -2.15. The molecule has 112 valence electrons. The van der Waals surface area contributed by atoms with Crippen molar-refractivity contribution in [3.63, 3.8) is 0 Å². The van der Waals surface area contributed by atoms with Crippen LogP contribution in [-0.4, -0.2) is 16.0 Å². The first kappa shape index (κ1) is 15.0. The maximum absolute atomic E-state index is 4.76. The van der Waals surface area contributed by atoms with Crippen molar-refractivity contribution < 1.29 is 0 Å². The number of hydrogen-bond donors (Lipinski definition) is 1. The van der Waals surface area contributed by atoms with E-state index in [-0.39, 0.29) is 0 Å². The molecule has 0 aliphatic carbocycles. The topological polar surface area (TPSA) is 37.8 Å². The Labute approximate surface area is 138 Å². The fourth-order valence-electron chi connectivity index (χ4n) is 2.28. The molecule has 3 nitrogen and oxygen atoms in total. The Morgan fingerprint density at radius 2 is 1.91 bits per heavy atom. The normalized spacial score (nSPS) is 12.3. The zero-order valence-corrected chi connectivity index (χ0v) is 14.3. The van der Waals surface area contributed by atoms with Crippen LogP contribution in [0.1, 0.15) is 20.3 Å². The number of halogens is 1. The zero-order valence-electron chi connectivity index (χ0n) is 12.7. The van der Waals surface area contributed by atoms with E-state index in [9.17, 15) is 0 Å². The molecule has 1 heterocycles. The Balaban J connectivity index is 2.16. The van der Waals surface area contributed by atoms with Crippen molar-refractivity contribution in [3.8, 4) is 11.4 Å². The molecule has 0 aliphatic heterocycles. The van der Waals surface area contributed by atoms with Crippen LogP contribution < -0.4 is 5.32 Å². The number of aromatic nitrogens is 2. The molecule has 2 aromatic carbocycles. The average molecular weight is 356 g/mol. The van der Waals surface area contributed by atoms with Gasteiger partial charge >= 0.3 is 0 Å². The van der Waals surface area contributed by atoms with Crippen molar-refractivity contribution in [2.24, 2.45) is 0 Å². The van der Waals surface area contributed by atoms with Gasteiger partial charge in [0.1, 0.15) is 5.82 Å². The van der Waals surface area contributed by atoms with Crippen LogP contribution in [0.25, 0.3) is 22.3 Å². The molecule has 22 heavy (non-hydrogen) atoms. The zero-order chi connectivity index (χ0) is 15.5. The van der Waals surface area contributed by atoms with Crippen LogP contribution in [0.5, 0.6) is 0 Å². The highest BCUT2D eigenvalue weighted by Crippen LogP contribution is 2.26. The maximum Gasteiger partial charge on any atom is 0.162 e. The Bertz CT molecular complexity index is 801. The Morgan fingerprint density at radius 1 is 1.09 bits per heavy atom. The van der Waals surface area contributed by atoms with Gasteiger partial charge in [0.25, 0.3) is 0 Å². The van der Waals surface area contributed by atoms with Gasteiger partial charge in [0.15, 0.2) is 5.82 Å². The maximum atomic E-state index is 4.76. The van der Waals surface area contributed by atoms with E-state index in [1.807, 2.05) is 42.5 Å². The number of nitrogens with one attached hydrogen (secondary N) is 1. The summed E-state index contributed by atoms with van der Waals surface area (Å²) in [4.78, 5) is 9.47. The second-order valence-corrected chi connectivity index (χ2v) is 6.29. The summed E-state index contributed by atoms with van der Waals surface area (Å²) in [5.41, 5.74) is 1.96. The third kappa shape index (κ3) is 3.12. The van der Waals surface area contributed by atoms with Crippen LogP contribution in [-0.2, 0) is 0 Å². The molecular formula is C18H18BrN3. The van der Waals surface area contributed by atoms with Gasteiger partial charge in [-0.3, -0.25) is 0 Å². The number of anilines is 1. The fourth-order valence-corrected chi connectivity index (χ4v) is 2.68. The molecule has 3 rings (SSSR count). The number of fused-ring (bicyclic) bond motifs is 1. The molecule has 3 aromatic rings. The highest BCUT2D eigenvalue weighted by atomic mass is 79.9. The number of nitrogens with zero attached hydrogens (tertiary/aromatic N) is 2. The summed E-state index contributed by atoms with van der Waals surface area (Å²) in [6.45, 7) is 4.33. The summed E-state index contributed by atoms with van der Waals surface area (Å²) in [5.74, 6) is 1.64. The summed E-state index contributed by atoms with van der Waals surface area (Å²) in [6.07, 6.45) is 1.05. The molecule has 0 saturated carbocycles. The lowest BCUT2D eigenvalue weighted by molar-refractivity contribution is 0.760. The summed E-state index contributed by atoms with van der Waals surface area (Å²) in [7, 11) is 0. The summed E-state index contributed by atoms with van der Waals surface area (Å²) >= 11 is 3.51. The van der Waals surface area contributed by atoms with E-state index < -0.39 is 0 Å². The van der Waals surface area contributed by atoms with Crippen LogP contribution in [0.15, 0.2) is 53.0 Å². The minimum atomic E-state index is 0.369. The number of benzene rings is 2. The molecule has 0 unspecified atom stereocenters. The average Bonchev–Trinajstić information content (AvgIpc) is 2.54. The van der Waals surface area contributed by atoms with Gasteiger partial charge in [0, 0.05) is 21.5 Å². The van der Waals surface area contributed by atoms with Crippen LogP contribution in [0, 0.1) is 0 Å². The fraction of sp³-hybridized carbons (Fsp3) is 0.222. The molecular weight excluding hydrogens is 338 g/mol. The second kappa shape index (κ2) is 6.44. The SMILES string of the molecule is CC[C@H](C)Nc1nc(-c2cccc(Br)c2)nc2ccccc12. The van der Waals surface area contributed by atoms with Crippen molar-refractivity contribution in [2.45, 2.75) is 26.3 Å². The number of rotatable bonds is 4. The molecule has 1 aromatic heterocycles. The molecule has 4 heteroatoms. The van der Waals surface area contributed by atoms with Crippen molar-refractivity contribution >= 4 is 32.7 Å². The molecule has 1 N–H and O–H groups in total. The van der Waals surface area contributed by atoms with Crippen molar-refractivity contribution in [2.75, 3.05) is 5.32 Å². The van der Waals surface area contributed by atoms with Gasteiger partial charge in [-0.05, 0) is 37.6 Å². The third-order valence-electron chi connectivity index (χ3n) is 3.68. The van der Waals surface area contributed by atoms with Gasteiger partial charge in [0.2, 0.25) is 0 Å². The van der Waals surface area contributed by atoms with E-state index in [1.54, 1.807) is 0 Å². The summed E-state index contributed by atoms with van der Waals surface area (Å²) in [6, 6.07) is 16.6. The van der Waals surface area contributed by atoms with Crippen LogP contribution in [0.2, 0.25) is 0 Å². The first-order chi connectivity index (χ1) is 10.7. The largest absolute Gasteiger partial charge is 0.367 e. The number of hydrogen-bond acceptors (Lipinski definition) is 3. The lowest BCUT2D eigenvalue weighted by Gasteiger charge is -2.15. The van der Waals surface area contributed by atoms with Gasteiger partial charge in [-0.1, -0.05) is 47.1 Å². The van der Waals surface area contributed by atoms with Crippen LogP contribution >= 0.6 is 15.9 Å². The van der Waals surface area contributed by atoms with Gasteiger partial charge in [-0.15, -0.1) is 0 Å². The smallest absolute Gasteiger partial charge is 0.162 e. The minimum absolute atomic E-state index is 0.369. The van der Waals surface area contributed by atoms with Crippen molar-refractivity contribution in [1.29, 1.82) is 0 Å².